The molecule has 1 N–H and O–H groups in total. The Bertz CT molecular complexity index is 1350. The van der Waals surface area contributed by atoms with E-state index in [2.05, 4.69) is 20.8 Å². The summed E-state index contributed by atoms with van der Waals surface area (Å²) < 4.78 is 5.35. The van der Waals surface area contributed by atoms with Crippen molar-refractivity contribution in [2.75, 3.05) is 7.11 Å². The molecular weight excluding hydrogens is 450 g/mol. The van der Waals surface area contributed by atoms with Crippen molar-refractivity contribution in [2.45, 2.75) is 52.6 Å². The summed E-state index contributed by atoms with van der Waals surface area (Å²) in [7, 11) is 1.59. The fourth-order valence-corrected chi connectivity index (χ4v) is 4.66. The minimum atomic E-state index is -0.717. The van der Waals surface area contributed by atoms with Gasteiger partial charge in [0.1, 0.15) is 11.5 Å². The average molecular weight is 484 g/mol. The van der Waals surface area contributed by atoms with Gasteiger partial charge in [0, 0.05) is 12.1 Å². The molecule has 1 atom stereocenters. The number of carbonyl (C=O) groups excluding carboxylic acids is 2. The lowest BCUT2D eigenvalue weighted by Gasteiger charge is -2.27. The van der Waals surface area contributed by atoms with E-state index < -0.39 is 17.7 Å². The Morgan fingerprint density at radius 1 is 0.972 bits per heavy atom. The summed E-state index contributed by atoms with van der Waals surface area (Å²) in [5.74, 6) is -0.783. The number of benzene rings is 3. The molecule has 0 radical (unpaired) electrons. The van der Waals surface area contributed by atoms with Crippen molar-refractivity contribution in [1.29, 1.82) is 0 Å². The number of ketones is 1. The molecule has 1 saturated heterocycles. The molecule has 0 saturated carbocycles. The summed E-state index contributed by atoms with van der Waals surface area (Å²) in [5, 5.41) is 11.5. The number of rotatable bonds is 5. The normalized spacial score (nSPS) is 17.5. The molecule has 186 valence electrons. The zero-order chi connectivity index (χ0) is 26.2. The van der Waals surface area contributed by atoms with E-state index >= 15 is 0 Å². The SMILES string of the molecule is COc1cccc(CN2C(=O)C(=O)/C(=C(/O)c3cc(C)ccc3C)C2c2ccc(C(C)(C)C)cc2)c1. The number of amides is 1. The van der Waals surface area contributed by atoms with E-state index in [0.717, 1.165) is 27.8 Å². The van der Waals surface area contributed by atoms with Gasteiger partial charge in [-0.15, -0.1) is 0 Å². The van der Waals surface area contributed by atoms with E-state index in [1.54, 1.807) is 12.0 Å². The number of Topliss-reactive ketones (excluding diaryl/α,β-unsaturated/α-hetero) is 1. The van der Waals surface area contributed by atoms with E-state index in [0.29, 0.717) is 11.3 Å². The minimum absolute atomic E-state index is 0.0421. The van der Waals surface area contributed by atoms with Gasteiger partial charge in [0.05, 0.1) is 18.7 Å². The standard InChI is InChI=1S/C31H33NO4/c1-19-10-11-20(2)25(16-19)28(33)26-27(22-12-14-23(15-13-22)31(3,4)5)32(30(35)29(26)34)18-21-8-7-9-24(17-21)36-6/h7-17,27,33H,18H2,1-6H3/b28-26+. The third kappa shape index (κ3) is 4.78. The molecule has 1 amide bonds. The number of hydrogen-bond donors (Lipinski definition) is 1. The van der Waals surface area contributed by atoms with E-state index in [9.17, 15) is 14.7 Å². The van der Waals surface area contributed by atoms with Crippen molar-refractivity contribution in [3.63, 3.8) is 0 Å². The lowest BCUT2D eigenvalue weighted by atomic mass is 9.85. The molecule has 0 bridgehead atoms. The van der Waals surface area contributed by atoms with Gasteiger partial charge in [-0.1, -0.05) is 74.9 Å². The quantitative estimate of drug-likeness (QED) is 0.265. The molecule has 5 nitrogen and oxygen atoms in total. The Morgan fingerprint density at radius 2 is 1.67 bits per heavy atom. The topological polar surface area (TPSA) is 66.8 Å². The van der Waals surface area contributed by atoms with Crippen LogP contribution >= 0.6 is 0 Å². The maximum absolute atomic E-state index is 13.4. The molecule has 0 aromatic heterocycles. The molecule has 1 unspecified atom stereocenters. The monoisotopic (exact) mass is 483 g/mol. The molecule has 1 aliphatic heterocycles. The number of hydrogen-bond acceptors (Lipinski definition) is 4. The van der Waals surface area contributed by atoms with Crippen molar-refractivity contribution >= 4 is 17.4 Å². The van der Waals surface area contributed by atoms with Crippen LogP contribution in [0, 0.1) is 13.8 Å². The highest BCUT2D eigenvalue weighted by atomic mass is 16.5. The molecule has 0 aliphatic carbocycles. The van der Waals surface area contributed by atoms with Crippen LogP contribution in [0.15, 0.2) is 72.3 Å². The van der Waals surface area contributed by atoms with E-state index in [4.69, 9.17) is 4.74 Å². The van der Waals surface area contributed by atoms with Gasteiger partial charge in [-0.2, -0.15) is 0 Å². The van der Waals surface area contributed by atoms with Crippen molar-refractivity contribution in [3.05, 3.63) is 106 Å². The second-order valence-electron chi connectivity index (χ2n) is 10.5. The van der Waals surface area contributed by atoms with E-state index in [1.165, 1.54) is 0 Å². The highest BCUT2D eigenvalue weighted by molar-refractivity contribution is 6.46. The average Bonchev–Trinajstić information content (AvgIpc) is 3.09. The lowest BCUT2D eigenvalue weighted by Crippen LogP contribution is -2.29. The number of carbonyl (C=O) groups is 2. The Morgan fingerprint density at radius 3 is 2.31 bits per heavy atom. The zero-order valence-electron chi connectivity index (χ0n) is 21.8. The molecule has 1 aliphatic rings. The summed E-state index contributed by atoms with van der Waals surface area (Å²) in [6, 6.07) is 20.4. The first kappa shape index (κ1) is 25.2. The van der Waals surface area contributed by atoms with Gasteiger partial charge in [-0.3, -0.25) is 9.59 Å². The smallest absolute Gasteiger partial charge is 0.295 e. The van der Waals surface area contributed by atoms with Gasteiger partial charge in [0.25, 0.3) is 11.7 Å². The summed E-state index contributed by atoms with van der Waals surface area (Å²) in [6.07, 6.45) is 0. The summed E-state index contributed by atoms with van der Waals surface area (Å²) in [5.41, 5.74) is 5.17. The molecular formula is C31H33NO4. The maximum Gasteiger partial charge on any atom is 0.295 e. The Hall–Kier alpha value is -3.86. The van der Waals surface area contributed by atoms with Gasteiger partial charge >= 0.3 is 0 Å². The minimum Gasteiger partial charge on any atom is -0.507 e. The van der Waals surface area contributed by atoms with Crippen molar-refractivity contribution < 1.29 is 19.4 Å². The predicted molar refractivity (Wildman–Crippen MR) is 142 cm³/mol. The third-order valence-electron chi connectivity index (χ3n) is 6.77. The number of methoxy groups -OCH3 is 1. The lowest BCUT2D eigenvalue weighted by molar-refractivity contribution is -0.140. The zero-order valence-corrected chi connectivity index (χ0v) is 21.8. The van der Waals surface area contributed by atoms with Crippen LogP contribution in [0.25, 0.3) is 5.76 Å². The summed E-state index contributed by atoms with van der Waals surface area (Å²) >= 11 is 0. The van der Waals surface area contributed by atoms with Crippen LogP contribution in [0.4, 0.5) is 0 Å². The van der Waals surface area contributed by atoms with Gasteiger partial charge in [0.2, 0.25) is 0 Å². The van der Waals surface area contributed by atoms with Crippen LogP contribution < -0.4 is 4.74 Å². The highest BCUT2D eigenvalue weighted by Gasteiger charge is 2.46. The van der Waals surface area contributed by atoms with Gasteiger partial charge in [-0.25, -0.2) is 0 Å². The molecule has 3 aromatic carbocycles. The van der Waals surface area contributed by atoms with Crippen LogP contribution in [0.1, 0.15) is 60.2 Å². The second kappa shape index (κ2) is 9.65. The van der Waals surface area contributed by atoms with Gasteiger partial charge < -0.3 is 14.7 Å². The Labute approximate surface area is 213 Å². The molecule has 5 heteroatoms. The number of aliphatic hydroxyl groups is 1. The third-order valence-corrected chi connectivity index (χ3v) is 6.77. The van der Waals surface area contributed by atoms with Crippen molar-refractivity contribution in [1.82, 2.24) is 4.90 Å². The molecule has 1 fully saturated rings. The predicted octanol–water partition coefficient (Wildman–Crippen LogP) is 6.23. The number of aryl methyl sites for hydroxylation is 2. The number of nitrogens with zero attached hydrogens (tertiary/aromatic N) is 1. The fourth-order valence-electron chi connectivity index (χ4n) is 4.66. The summed E-state index contributed by atoms with van der Waals surface area (Å²) in [6.45, 7) is 10.4. The molecule has 0 spiro atoms. The Kier molecular flexibility index (Phi) is 6.77. The van der Waals surface area contributed by atoms with Crippen molar-refractivity contribution in [2.24, 2.45) is 0 Å². The van der Waals surface area contributed by atoms with E-state index in [-0.39, 0.29) is 23.3 Å². The molecule has 1 heterocycles. The first-order valence-electron chi connectivity index (χ1n) is 12.1. The Balaban J connectivity index is 1.88. The summed E-state index contributed by atoms with van der Waals surface area (Å²) in [4.78, 5) is 28.3. The number of likely N-dealkylation sites (tertiary alicyclic amines) is 1. The highest BCUT2D eigenvalue weighted by Crippen LogP contribution is 2.41. The number of ether oxygens (including phenoxy) is 1. The van der Waals surface area contributed by atoms with Crippen molar-refractivity contribution in [3.8, 4) is 5.75 Å². The van der Waals surface area contributed by atoms with Gasteiger partial charge in [0.15, 0.2) is 0 Å². The van der Waals surface area contributed by atoms with Crippen LogP contribution in [-0.4, -0.2) is 28.8 Å². The number of aliphatic hydroxyl groups excluding tert-OH is 1. The van der Waals surface area contributed by atoms with Gasteiger partial charge in [-0.05, 0) is 59.7 Å². The fraction of sp³-hybridized carbons (Fsp3) is 0.290. The second-order valence-corrected chi connectivity index (χ2v) is 10.5. The molecule has 36 heavy (non-hydrogen) atoms. The first-order chi connectivity index (χ1) is 17.0. The molecule has 4 rings (SSSR count). The maximum atomic E-state index is 13.4. The van der Waals surface area contributed by atoms with Crippen LogP contribution in [-0.2, 0) is 21.5 Å². The van der Waals surface area contributed by atoms with Crippen LogP contribution in [0.5, 0.6) is 5.75 Å². The first-order valence-corrected chi connectivity index (χ1v) is 12.1. The largest absolute Gasteiger partial charge is 0.507 e. The van der Waals surface area contributed by atoms with E-state index in [1.807, 2.05) is 80.6 Å². The van der Waals surface area contributed by atoms with Crippen LogP contribution in [0.2, 0.25) is 0 Å². The van der Waals surface area contributed by atoms with Crippen LogP contribution in [0.3, 0.4) is 0 Å². The molecule has 3 aromatic rings.